The third-order valence-corrected chi connectivity index (χ3v) is 7.61. The van der Waals surface area contributed by atoms with E-state index in [1.807, 2.05) is 19.2 Å². The number of nitrogens with zero attached hydrogens (tertiary/aromatic N) is 1. The van der Waals surface area contributed by atoms with E-state index in [-0.39, 0.29) is 42.0 Å². The van der Waals surface area contributed by atoms with E-state index in [4.69, 9.17) is 6.42 Å². The van der Waals surface area contributed by atoms with Gasteiger partial charge in [0.05, 0.1) is 6.04 Å². The number of carbonyl (C=O) groups excluding carboxylic acids is 4. The quantitative estimate of drug-likeness (QED) is 0.479. The molecule has 1 saturated carbocycles. The lowest BCUT2D eigenvalue weighted by atomic mass is 9.85. The molecule has 2 unspecified atom stereocenters. The van der Waals surface area contributed by atoms with Crippen molar-refractivity contribution in [3.63, 3.8) is 0 Å². The van der Waals surface area contributed by atoms with Crippen LogP contribution in [0.5, 0.6) is 0 Å². The first-order chi connectivity index (χ1) is 16.0. The highest BCUT2D eigenvalue weighted by Gasteiger charge is 2.70. The Morgan fingerprint density at radius 1 is 1.23 bits per heavy atom. The van der Waals surface area contributed by atoms with Crippen molar-refractivity contribution in [1.82, 2.24) is 20.9 Å². The topological polar surface area (TPSA) is 108 Å². The maximum absolute atomic E-state index is 13.5. The van der Waals surface area contributed by atoms with Crippen LogP contribution in [0.25, 0.3) is 0 Å². The normalized spacial score (nSPS) is 28.9. The summed E-state index contributed by atoms with van der Waals surface area (Å²) in [6.45, 7) is 9.30. The lowest BCUT2D eigenvalue weighted by molar-refractivity contribution is -0.176. The highest BCUT2D eigenvalue weighted by Crippen LogP contribution is 2.65. The zero-order chi connectivity index (χ0) is 26.5. The van der Waals surface area contributed by atoms with Crippen LogP contribution in [0.3, 0.4) is 0 Å². The number of fused-ring (bicyclic) bond motifs is 1. The first kappa shape index (κ1) is 26.8. The van der Waals surface area contributed by atoms with E-state index in [0.717, 1.165) is 0 Å². The fourth-order valence-corrected chi connectivity index (χ4v) is 5.42. The van der Waals surface area contributed by atoms with Crippen molar-refractivity contribution in [3.05, 3.63) is 0 Å². The van der Waals surface area contributed by atoms with Crippen LogP contribution in [-0.4, -0.2) is 65.9 Å². The summed E-state index contributed by atoms with van der Waals surface area (Å²) in [6, 6.07) is -3.17. The molecule has 2 aliphatic heterocycles. The van der Waals surface area contributed by atoms with Gasteiger partial charge in [-0.1, -0.05) is 40.5 Å². The number of hydrogen-bond donors (Lipinski definition) is 3. The maximum atomic E-state index is 13.5. The van der Waals surface area contributed by atoms with Gasteiger partial charge in [-0.05, 0) is 35.5 Å². The predicted octanol–water partition coefficient (Wildman–Crippen LogP) is 1.21. The largest absolute Gasteiger partial charge is 0.471 e. The number of hydrogen-bond acceptors (Lipinski definition) is 4. The Balaban J connectivity index is 1.81. The second-order valence-corrected chi connectivity index (χ2v) is 11.4. The summed E-state index contributed by atoms with van der Waals surface area (Å²) in [5.41, 5.74) is -1.28. The third kappa shape index (κ3) is 5.26. The van der Waals surface area contributed by atoms with Crippen LogP contribution in [-0.2, 0) is 19.2 Å². The van der Waals surface area contributed by atoms with Gasteiger partial charge in [0.1, 0.15) is 12.1 Å². The summed E-state index contributed by atoms with van der Waals surface area (Å²) in [5, 5.41) is 7.31. The van der Waals surface area contributed by atoms with Crippen LogP contribution in [0.4, 0.5) is 13.2 Å². The van der Waals surface area contributed by atoms with E-state index in [9.17, 15) is 32.3 Å². The van der Waals surface area contributed by atoms with Crippen LogP contribution in [0.2, 0.25) is 0 Å². The molecule has 3 rings (SSSR count). The molecule has 0 aromatic heterocycles. The van der Waals surface area contributed by atoms with Crippen LogP contribution in [0, 0.1) is 40.9 Å². The van der Waals surface area contributed by atoms with E-state index in [0.29, 0.717) is 13.0 Å². The highest BCUT2D eigenvalue weighted by molar-refractivity contribution is 5.95. The minimum Gasteiger partial charge on any atom is -0.356 e. The summed E-state index contributed by atoms with van der Waals surface area (Å²) in [5.74, 6) is -1.63. The minimum absolute atomic E-state index is 0.00830. The summed E-state index contributed by atoms with van der Waals surface area (Å²) in [7, 11) is 0. The number of carbonyl (C=O) groups is 4. The van der Waals surface area contributed by atoms with E-state index in [1.165, 1.54) is 4.90 Å². The number of halogens is 3. The Labute approximate surface area is 203 Å². The molecule has 3 aliphatic rings. The number of likely N-dealkylation sites (tertiary alicyclic amines) is 1. The number of alkyl halides is 3. The lowest BCUT2D eigenvalue weighted by Crippen LogP contribution is -2.61. The van der Waals surface area contributed by atoms with E-state index in [2.05, 4.69) is 16.6 Å². The van der Waals surface area contributed by atoms with Gasteiger partial charge in [0.15, 0.2) is 0 Å². The third-order valence-electron chi connectivity index (χ3n) is 7.61. The first-order valence-corrected chi connectivity index (χ1v) is 11.7. The molecule has 0 spiro atoms. The predicted molar refractivity (Wildman–Crippen MR) is 120 cm³/mol. The average Bonchev–Trinajstić information content (AvgIpc) is 3.10. The van der Waals surface area contributed by atoms with E-state index in [1.54, 1.807) is 20.8 Å². The van der Waals surface area contributed by atoms with Crippen molar-refractivity contribution in [1.29, 1.82) is 0 Å². The van der Waals surface area contributed by atoms with E-state index >= 15 is 0 Å². The van der Waals surface area contributed by atoms with Crippen molar-refractivity contribution >= 4 is 23.6 Å². The van der Waals surface area contributed by atoms with Gasteiger partial charge in [-0.25, -0.2) is 0 Å². The molecule has 2 heterocycles. The van der Waals surface area contributed by atoms with Crippen LogP contribution in [0.15, 0.2) is 0 Å². The zero-order valence-corrected chi connectivity index (χ0v) is 20.6. The highest BCUT2D eigenvalue weighted by atomic mass is 19.4. The Hall–Kier alpha value is -2.77. The molecule has 0 aromatic carbocycles. The monoisotopic (exact) mass is 498 g/mol. The molecule has 194 valence electrons. The average molecular weight is 499 g/mol. The molecular formula is C24H33F3N4O4. The standard InChI is InChI=1S/C24H33F3N4O4/c1-7-13(10-12-8-9-28-18(12)32)29-19(33)16-15-14(23(15,5)6)11-31(16)20(34)17(22(2,3)4)30-21(35)24(25,26)27/h1,12-17H,8-11H2,2-6H3,(H,28,32)(H,29,33)(H,30,35)/t12-,13+,14?,15?,16-,17+/m0/s1. The fourth-order valence-electron chi connectivity index (χ4n) is 5.42. The second kappa shape index (κ2) is 9.03. The van der Waals surface area contributed by atoms with Gasteiger partial charge in [0, 0.05) is 19.0 Å². The lowest BCUT2D eigenvalue weighted by Gasteiger charge is -2.38. The Kier molecular flexibility index (Phi) is 6.92. The van der Waals surface area contributed by atoms with Gasteiger partial charge in [-0.3, -0.25) is 19.2 Å². The number of rotatable bonds is 6. The Morgan fingerprint density at radius 3 is 2.34 bits per heavy atom. The van der Waals surface area contributed by atoms with Crippen LogP contribution in [0.1, 0.15) is 47.5 Å². The van der Waals surface area contributed by atoms with Crippen LogP contribution >= 0.6 is 0 Å². The Morgan fingerprint density at radius 2 is 1.86 bits per heavy atom. The molecule has 11 heteroatoms. The SMILES string of the molecule is C#C[C@H](C[C@@H]1CCNC1=O)NC(=O)[C@@H]1C2C(CN1C(=O)[C@@H](NC(=O)C(F)(F)F)C(C)(C)C)C2(C)C. The summed E-state index contributed by atoms with van der Waals surface area (Å²) < 4.78 is 38.8. The molecule has 1 aliphatic carbocycles. The number of amides is 4. The van der Waals surface area contributed by atoms with Crippen molar-refractivity contribution in [2.75, 3.05) is 13.1 Å². The van der Waals surface area contributed by atoms with Crippen molar-refractivity contribution in [2.45, 2.75) is 71.8 Å². The molecule has 8 nitrogen and oxygen atoms in total. The molecule has 3 N–H and O–H groups in total. The first-order valence-electron chi connectivity index (χ1n) is 11.7. The smallest absolute Gasteiger partial charge is 0.356 e. The molecule has 6 atom stereocenters. The van der Waals surface area contributed by atoms with Gasteiger partial charge >= 0.3 is 12.1 Å². The molecule has 0 radical (unpaired) electrons. The van der Waals surface area contributed by atoms with Crippen molar-refractivity contribution < 1.29 is 32.3 Å². The van der Waals surface area contributed by atoms with Gasteiger partial charge in [0.25, 0.3) is 0 Å². The summed E-state index contributed by atoms with van der Waals surface area (Å²) in [4.78, 5) is 51.8. The molecular weight excluding hydrogens is 465 g/mol. The minimum atomic E-state index is -5.15. The fraction of sp³-hybridized carbons (Fsp3) is 0.750. The molecule has 2 saturated heterocycles. The summed E-state index contributed by atoms with van der Waals surface area (Å²) >= 11 is 0. The van der Waals surface area contributed by atoms with E-state index < -0.39 is 47.4 Å². The van der Waals surface area contributed by atoms with Crippen molar-refractivity contribution in [2.24, 2.45) is 28.6 Å². The zero-order valence-electron chi connectivity index (χ0n) is 20.6. The number of terminal acetylenes is 1. The second-order valence-electron chi connectivity index (χ2n) is 11.4. The summed E-state index contributed by atoms with van der Waals surface area (Å²) in [6.07, 6.45) is 1.31. The molecule has 4 amide bonds. The maximum Gasteiger partial charge on any atom is 0.471 e. The van der Waals surface area contributed by atoms with Gasteiger partial charge in [0.2, 0.25) is 17.7 Å². The molecule has 35 heavy (non-hydrogen) atoms. The van der Waals surface area contributed by atoms with Gasteiger partial charge in [-0.2, -0.15) is 13.2 Å². The number of piperidine rings is 1. The van der Waals surface area contributed by atoms with Crippen molar-refractivity contribution in [3.8, 4) is 12.3 Å². The molecule has 3 fully saturated rings. The molecule has 0 aromatic rings. The van der Waals surface area contributed by atoms with Gasteiger partial charge in [-0.15, -0.1) is 6.42 Å². The number of nitrogens with one attached hydrogen (secondary N) is 3. The van der Waals surface area contributed by atoms with Crippen LogP contribution < -0.4 is 16.0 Å². The Bertz CT molecular complexity index is 950. The molecule has 0 bridgehead atoms. The van der Waals surface area contributed by atoms with Gasteiger partial charge < -0.3 is 20.9 Å².